The summed E-state index contributed by atoms with van der Waals surface area (Å²) in [6.45, 7) is 6.55. The normalized spacial score (nSPS) is 12.4. The number of allylic oxidation sites excluding steroid dienone is 4. The lowest BCUT2D eigenvalue weighted by molar-refractivity contribution is -0.874. The smallest absolute Gasteiger partial charge is 0.305 e. The van der Waals surface area contributed by atoms with Crippen LogP contribution in [0.15, 0.2) is 24.3 Å². The van der Waals surface area contributed by atoms with Crippen LogP contribution in [0.2, 0.25) is 0 Å². The second-order valence-electron chi connectivity index (χ2n) is 16.4. The largest absolute Gasteiger partial charge is 1.00 e. The van der Waals surface area contributed by atoms with Crippen molar-refractivity contribution in [3.63, 3.8) is 0 Å². The van der Waals surface area contributed by atoms with Gasteiger partial charge >= 0.3 is 11.9 Å². The summed E-state index contributed by atoms with van der Waals surface area (Å²) < 4.78 is 12.1. The summed E-state index contributed by atoms with van der Waals surface area (Å²) in [5.41, 5.74) is 0. The van der Waals surface area contributed by atoms with Crippen molar-refractivity contribution in [2.75, 3.05) is 40.9 Å². The first-order valence-electron chi connectivity index (χ1n) is 22.2. The van der Waals surface area contributed by atoms with Crippen LogP contribution >= 0.6 is 0 Å². The van der Waals surface area contributed by atoms with Gasteiger partial charge in [0.2, 0.25) is 0 Å². The van der Waals surface area contributed by atoms with E-state index in [1.54, 1.807) is 0 Å². The first-order valence-corrected chi connectivity index (χ1v) is 22.2. The second-order valence-corrected chi connectivity index (χ2v) is 16.4. The third kappa shape index (κ3) is 43.1. The van der Waals surface area contributed by atoms with E-state index in [4.69, 9.17) is 9.47 Å². The molecule has 308 valence electrons. The number of nitrogens with zero attached hydrogens (tertiary/aromatic N) is 1. The number of esters is 2. The molecular weight excluding hydrogens is 666 g/mol. The van der Waals surface area contributed by atoms with Gasteiger partial charge in [-0.3, -0.25) is 9.59 Å². The van der Waals surface area contributed by atoms with Gasteiger partial charge in [-0.05, 0) is 83.5 Å². The Hall–Kier alpha value is -1.33. The molecule has 0 bridgehead atoms. The third-order valence-electron chi connectivity index (χ3n) is 9.90. The SMILES string of the molecule is CCCCCCCCC=CCCCCCCCC(=O)OCCCC(CCOC(=O)CCCCCCCC=CCCCCCCCC)C[N+](C)(C)C.[Cl-]. The van der Waals surface area contributed by atoms with Crippen LogP contribution in [0.5, 0.6) is 0 Å². The monoisotopic (exact) mass is 754 g/mol. The molecule has 0 aliphatic heterocycles. The highest BCUT2D eigenvalue weighted by molar-refractivity contribution is 5.69. The third-order valence-corrected chi connectivity index (χ3v) is 9.90. The van der Waals surface area contributed by atoms with Crippen molar-refractivity contribution in [2.24, 2.45) is 5.92 Å². The fourth-order valence-electron chi connectivity index (χ4n) is 6.82. The molecule has 0 N–H and O–H groups in total. The van der Waals surface area contributed by atoms with E-state index < -0.39 is 0 Å². The molecule has 0 saturated carbocycles. The summed E-state index contributed by atoms with van der Waals surface area (Å²) in [4.78, 5) is 24.6. The molecule has 0 fully saturated rings. The van der Waals surface area contributed by atoms with Crippen LogP contribution in [0, 0.1) is 5.92 Å². The zero-order valence-electron chi connectivity index (χ0n) is 35.4. The van der Waals surface area contributed by atoms with Crippen LogP contribution in [0.1, 0.15) is 213 Å². The number of halogens is 1. The number of hydrogen-bond acceptors (Lipinski definition) is 4. The van der Waals surface area contributed by atoms with E-state index in [-0.39, 0.29) is 24.3 Å². The number of quaternary nitrogens is 1. The lowest BCUT2D eigenvalue weighted by atomic mass is 9.99. The predicted octanol–water partition coefficient (Wildman–Crippen LogP) is 10.6. The van der Waals surface area contributed by atoms with Crippen LogP contribution < -0.4 is 12.4 Å². The van der Waals surface area contributed by atoms with Gasteiger partial charge in [-0.15, -0.1) is 0 Å². The van der Waals surface area contributed by atoms with E-state index in [2.05, 4.69) is 59.3 Å². The Morgan fingerprint density at radius 2 is 0.808 bits per heavy atom. The number of carbonyl (C=O) groups is 2. The Bertz CT molecular complexity index is 822. The lowest BCUT2D eigenvalue weighted by Gasteiger charge is -2.29. The van der Waals surface area contributed by atoms with Crippen molar-refractivity contribution in [1.29, 1.82) is 0 Å². The first kappa shape index (κ1) is 52.8. The van der Waals surface area contributed by atoms with Gasteiger partial charge in [0.25, 0.3) is 0 Å². The second kappa shape index (κ2) is 40.8. The Balaban J connectivity index is 0. The molecule has 0 aliphatic carbocycles. The minimum atomic E-state index is -0.0552. The van der Waals surface area contributed by atoms with E-state index >= 15 is 0 Å². The summed E-state index contributed by atoms with van der Waals surface area (Å²) in [6.07, 6.45) is 46.0. The molecule has 0 spiro atoms. The van der Waals surface area contributed by atoms with E-state index in [1.807, 2.05) is 0 Å². The molecule has 0 aromatic heterocycles. The number of unbranched alkanes of at least 4 members (excludes halogenated alkanes) is 22. The zero-order valence-corrected chi connectivity index (χ0v) is 36.1. The van der Waals surface area contributed by atoms with Gasteiger partial charge in [-0.25, -0.2) is 0 Å². The number of ether oxygens (including phenoxy) is 2. The van der Waals surface area contributed by atoms with E-state index in [9.17, 15) is 9.59 Å². The van der Waals surface area contributed by atoms with Crippen molar-refractivity contribution in [1.82, 2.24) is 0 Å². The highest BCUT2D eigenvalue weighted by Gasteiger charge is 2.19. The van der Waals surface area contributed by atoms with Gasteiger partial charge in [-0.1, -0.05) is 141 Å². The molecule has 6 heteroatoms. The van der Waals surface area contributed by atoms with Gasteiger partial charge in [0.1, 0.15) is 0 Å². The highest BCUT2D eigenvalue weighted by Crippen LogP contribution is 2.17. The summed E-state index contributed by atoms with van der Waals surface area (Å²) in [5.74, 6) is 0.336. The maximum absolute atomic E-state index is 12.3. The summed E-state index contributed by atoms with van der Waals surface area (Å²) in [7, 11) is 6.62. The highest BCUT2D eigenvalue weighted by atomic mass is 35.5. The van der Waals surface area contributed by atoms with E-state index in [0.29, 0.717) is 32.0 Å². The fourth-order valence-corrected chi connectivity index (χ4v) is 6.82. The molecule has 0 heterocycles. The summed E-state index contributed by atoms with van der Waals surface area (Å²) in [6, 6.07) is 0. The number of carbonyl (C=O) groups excluding carboxylic acids is 2. The minimum Gasteiger partial charge on any atom is -1.00 e. The van der Waals surface area contributed by atoms with Crippen molar-refractivity contribution in [3.8, 4) is 0 Å². The summed E-state index contributed by atoms with van der Waals surface area (Å²) >= 11 is 0. The van der Waals surface area contributed by atoms with Gasteiger partial charge in [-0.2, -0.15) is 0 Å². The average Bonchev–Trinajstić information content (AvgIpc) is 3.09. The van der Waals surface area contributed by atoms with Crippen molar-refractivity contribution in [3.05, 3.63) is 24.3 Å². The standard InChI is InChI=1S/C46H88NO4.ClH/c1-6-8-10-12-14-16-18-20-22-24-26-28-30-32-34-38-45(48)50-41-36-37-44(43-47(3,4)5)40-42-51-46(49)39-35-33-31-29-27-25-23-21-19-17-15-13-11-9-7-2;/h20-23,44H,6-19,24-43H2,1-5H3;1H/q+1;/p-1. The van der Waals surface area contributed by atoms with E-state index in [1.165, 1.54) is 141 Å². The van der Waals surface area contributed by atoms with Crippen LogP contribution in [0.4, 0.5) is 0 Å². The maximum Gasteiger partial charge on any atom is 0.305 e. The fraction of sp³-hybridized carbons (Fsp3) is 0.870. The van der Waals surface area contributed by atoms with Crippen LogP contribution in [-0.2, 0) is 19.1 Å². The Morgan fingerprint density at radius 1 is 0.462 bits per heavy atom. The molecule has 1 unspecified atom stereocenters. The maximum atomic E-state index is 12.3. The lowest BCUT2D eigenvalue weighted by Crippen LogP contribution is -3.00. The Kier molecular flexibility index (Phi) is 41.5. The molecule has 1 atom stereocenters. The minimum absolute atomic E-state index is 0. The molecule has 0 amide bonds. The molecule has 52 heavy (non-hydrogen) atoms. The van der Waals surface area contributed by atoms with Gasteiger partial charge in [0.05, 0.1) is 40.9 Å². The molecule has 0 aromatic carbocycles. The quantitative estimate of drug-likeness (QED) is 0.0271. The van der Waals surface area contributed by atoms with Gasteiger partial charge in [0.15, 0.2) is 0 Å². The van der Waals surface area contributed by atoms with Crippen molar-refractivity contribution >= 4 is 11.9 Å². The van der Waals surface area contributed by atoms with Crippen LogP contribution in [0.25, 0.3) is 0 Å². The van der Waals surface area contributed by atoms with Crippen molar-refractivity contribution < 1.29 is 36.0 Å². The molecule has 5 nitrogen and oxygen atoms in total. The topological polar surface area (TPSA) is 52.6 Å². The summed E-state index contributed by atoms with van der Waals surface area (Å²) in [5, 5.41) is 0. The predicted molar refractivity (Wildman–Crippen MR) is 221 cm³/mol. The van der Waals surface area contributed by atoms with Crippen molar-refractivity contribution in [2.45, 2.75) is 213 Å². The van der Waals surface area contributed by atoms with E-state index in [0.717, 1.165) is 56.0 Å². The van der Waals surface area contributed by atoms with Gasteiger partial charge in [0, 0.05) is 18.8 Å². The average molecular weight is 755 g/mol. The molecule has 0 aromatic rings. The molecule has 0 rings (SSSR count). The Morgan fingerprint density at radius 3 is 1.19 bits per heavy atom. The van der Waals surface area contributed by atoms with Crippen LogP contribution in [0.3, 0.4) is 0 Å². The molecule has 0 aliphatic rings. The molecule has 0 saturated heterocycles. The zero-order chi connectivity index (χ0) is 37.5. The first-order chi connectivity index (χ1) is 24.8. The van der Waals surface area contributed by atoms with Crippen LogP contribution in [-0.4, -0.2) is 57.3 Å². The Labute approximate surface area is 330 Å². The molecular formula is C46H88ClNO4. The molecule has 0 radical (unpaired) electrons. The number of hydrogen-bond donors (Lipinski definition) is 0. The van der Waals surface area contributed by atoms with Gasteiger partial charge < -0.3 is 26.4 Å². The number of rotatable bonds is 39.